The number of benzene rings is 1. The zero-order valence-corrected chi connectivity index (χ0v) is 19.8. The first kappa shape index (κ1) is 21.9. The standard InChI is InChI=1S/C25H37N3OS/c1-24(2)9-10-25(3,4)21-12-17(7-8-20(21)24)22-16-30-23(27-22)18-6-5-11-28(13-18)14-19(26)15-29/h7-8,12,16,18-19,29H,5-6,9-11,13-15,26H2,1-4H3/t18?,19-/m1/s1. The Hall–Kier alpha value is -1.27. The van der Waals surface area contributed by atoms with Gasteiger partial charge in [-0.25, -0.2) is 4.98 Å². The van der Waals surface area contributed by atoms with Crippen LogP contribution in [0.15, 0.2) is 23.6 Å². The maximum absolute atomic E-state index is 9.27. The molecule has 2 atom stereocenters. The Bertz CT molecular complexity index is 888. The molecule has 0 bridgehead atoms. The summed E-state index contributed by atoms with van der Waals surface area (Å²) < 4.78 is 0. The van der Waals surface area contributed by atoms with Crippen LogP contribution < -0.4 is 5.73 Å². The summed E-state index contributed by atoms with van der Waals surface area (Å²) in [6.45, 7) is 12.4. The van der Waals surface area contributed by atoms with Crippen molar-refractivity contribution < 1.29 is 5.11 Å². The van der Waals surface area contributed by atoms with Crippen molar-refractivity contribution in [2.75, 3.05) is 26.2 Å². The summed E-state index contributed by atoms with van der Waals surface area (Å²) in [7, 11) is 0. The van der Waals surface area contributed by atoms with Crippen LogP contribution in [0.4, 0.5) is 0 Å². The van der Waals surface area contributed by atoms with Crippen LogP contribution in [0.25, 0.3) is 11.3 Å². The molecule has 0 spiro atoms. The van der Waals surface area contributed by atoms with E-state index in [1.807, 2.05) is 0 Å². The third-order valence-electron chi connectivity index (χ3n) is 7.25. The second kappa shape index (κ2) is 8.34. The van der Waals surface area contributed by atoms with Crippen LogP contribution in [0.5, 0.6) is 0 Å². The van der Waals surface area contributed by atoms with Crippen LogP contribution in [0.2, 0.25) is 0 Å². The number of nitrogens with zero attached hydrogens (tertiary/aromatic N) is 2. The van der Waals surface area contributed by atoms with Crippen LogP contribution in [-0.2, 0) is 10.8 Å². The first-order chi connectivity index (χ1) is 14.2. The van der Waals surface area contributed by atoms with Crippen molar-refractivity contribution in [3.05, 3.63) is 39.7 Å². The van der Waals surface area contributed by atoms with E-state index in [-0.39, 0.29) is 23.5 Å². The smallest absolute Gasteiger partial charge is 0.0976 e. The minimum absolute atomic E-state index is 0.0497. The van der Waals surface area contributed by atoms with Gasteiger partial charge in [-0.05, 0) is 60.3 Å². The molecular formula is C25H37N3OS. The molecule has 164 valence electrons. The Morgan fingerprint density at radius 1 is 1.20 bits per heavy atom. The molecule has 1 fully saturated rings. The first-order valence-corrected chi connectivity index (χ1v) is 12.3. The van der Waals surface area contributed by atoms with E-state index in [1.165, 1.54) is 47.4 Å². The van der Waals surface area contributed by atoms with Gasteiger partial charge in [-0.1, -0.05) is 39.8 Å². The van der Waals surface area contributed by atoms with Gasteiger partial charge in [0.15, 0.2) is 0 Å². The van der Waals surface area contributed by atoms with Crippen molar-refractivity contribution in [3.63, 3.8) is 0 Å². The number of aromatic nitrogens is 1. The fourth-order valence-corrected chi connectivity index (χ4v) is 6.13. The first-order valence-electron chi connectivity index (χ1n) is 11.4. The summed E-state index contributed by atoms with van der Waals surface area (Å²) in [5.41, 5.74) is 11.8. The van der Waals surface area contributed by atoms with Crippen LogP contribution in [0.3, 0.4) is 0 Å². The van der Waals surface area contributed by atoms with Crippen molar-refractivity contribution in [1.82, 2.24) is 9.88 Å². The van der Waals surface area contributed by atoms with Gasteiger partial charge >= 0.3 is 0 Å². The van der Waals surface area contributed by atoms with Gasteiger partial charge in [0.2, 0.25) is 0 Å². The maximum Gasteiger partial charge on any atom is 0.0976 e. The molecule has 3 N–H and O–H groups in total. The Kier molecular flexibility index (Phi) is 6.10. The van der Waals surface area contributed by atoms with Gasteiger partial charge in [0.05, 0.1) is 17.3 Å². The number of thiazole rings is 1. The minimum Gasteiger partial charge on any atom is -0.395 e. The summed E-state index contributed by atoms with van der Waals surface area (Å²) in [6, 6.07) is 6.87. The van der Waals surface area contributed by atoms with Crippen molar-refractivity contribution in [2.45, 2.75) is 76.2 Å². The molecule has 1 aliphatic heterocycles. The number of rotatable bonds is 5. The van der Waals surface area contributed by atoms with E-state index in [9.17, 15) is 5.11 Å². The van der Waals surface area contributed by atoms with E-state index < -0.39 is 0 Å². The largest absolute Gasteiger partial charge is 0.395 e. The summed E-state index contributed by atoms with van der Waals surface area (Å²) in [4.78, 5) is 7.47. The number of aliphatic hydroxyl groups is 1. The highest BCUT2D eigenvalue weighted by Crippen LogP contribution is 2.47. The van der Waals surface area contributed by atoms with Gasteiger partial charge in [-0.15, -0.1) is 11.3 Å². The van der Waals surface area contributed by atoms with Crippen LogP contribution in [-0.4, -0.2) is 47.3 Å². The Morgan fingerprint density at radius 2 is 1.93 bits per heavy atom. The monoisotopic (exact) mass is 427 g/mol. The number of hydrogen-bond donors (Lipinski definition) is 2. The fourth-order valence-electron chi connectivity index (χ4n) is 5.17. The molecule has 1 saturated heterocycles. The van der Waals surface area contributed by atoms with Crippen molar-refractivity contribution in [2.24, 2.45) is 5.73 Å². The normalized spacial score (nSPS) is 24.4. The third kappa shape index (κ3) is 4.36. The molecule has 5 heteroatoms. The number of nitrogens with two attached hydrogens (primary N) is 1. The molecule has 1 unspecified atom stereocenters. The van der Waals surface area contributed by atoms with Crippen molar-refractivity contribution in [1.29, 1.82) is 0 Å². The van der Waals surface area contributed by atoms with E-state index in [1.54, 1.807) is 11.3 Å². The van der Waals surface area contributed by atoms with Gasteiger partial charge in [0, 0.05) is 36.0 Å². The van der Waals surface area contributed by atoms with Gasteiger partial charge in [0.1, 0.15) is 0 Å². The molecular weight excluding hydrogens is 390 g/mol. The van der Waals surface area contributed by atoms with Crippen LogP contribution in [0, 0.1) is 0 Å². The van der Waals surface area contributed by atoms with E-state index in [2.05, 4.69) is 56.2 Å². The van der Waals surface area contributed by atoms with Crippen molar-refractivity contribution in [3.8, 4) is 11.3 Å². The number of likely N-dealkylation sites (tertiary alicyclic amines) is 1. The number of aliphatic hydroxyl groups excluding tert-OH is 1. The summed E-state index contributed by atoms with van der Waals surface area (Å²) in [6.07, 6.45) is 4.82. The lowest BCUT2D eigenvalue weighted by Gasteiger charge is -2.42. The number of fused-ring (bicyclic) bond motifs is 1. The molecule has 0 amide bonds. The average Bonchev–Trinajstić information content (AvgIpc) is 3.22. The highest BCUT2D eigenvalue weighted by molar-refractivity contribution is 7.10. The maximum atomic E-state index is 9.27. The zero-order valence-electron chi connectivity index (χ0n) is 18.9. The molecule has 2 heterocycles. The quantitative estimate of drug-likeness (QED) is 0.729. The lowest BCUT2D eigenvalue weighted by atomic mass is 9.63. The third-order valence-corrected chi connectivity index (χ3v) is 8.26. The summed E-state index contributed by atoms with van der Waals surface area (Å²) in [5.74, 6) is 0.469. The topological polar surface area (TPSA) is 62.4 Å². The second-order valence-electron chi connectivity index (χ2n) is 10.6. The molecule has 0 saturated carbocycles. The average molecular weight is 428 g/mol. The Labute approximate surface area is 185 Å². The zero-order chi connectivity index (χ0) is 21.5. The van der Waals surface area contributed by atoms with E-state index in [4.69, 9.17) is 10.7 Å². The van der Waals surface area contributed by atoms with Gasteiger partial charge in [0.25, 0.3) is 0 Å². The molecule has 0 radical (unpaired) electrons. The summed E-state index contributed by atoms with van der Waals surface area (Å²) in [5, 5.41) is 12.7. The Morgan fingerprint density at radius 3 is 2.67 bits per heavy atom. The summed E-state index contributed by atoms with van der Waals surface area (Å²) >= 11 is 1.80. The van der Waals surface area contributed by atoms with Crippen LogP contribution >= 0.6 is 11.3 Å². The van der Waals surface area contributed by atoms with Crippen LogP contribution in [0.1, 0.15) is 75.4 Å². The predicted molar refractivity (Wildman–Crippen MR) is 126 cm³/mol. The lowest BCUT2D eigenvalue weighted by Crippen LogP contribution is -2.43. The van der Waals surface area contributed by atoms with Crippen molar-refractivity contribution >= 4 is 11.3 Å². The van der Waals surface area contributed by atoms with E-state index in [0.717, 1.165) is 25.3 Å². The number of hydrogen-bond acceptors (Lipinski definition) is 5. The molecule has 1 aliphatic carbocycles. The molecule has 4 rings (SSSR count). The van der Waals surface area contributed by atoms with E-state index >= 15 is 0 Å². The molecule has 2 aliphatic rings. The van der Waals surface area contributed by atoms with E-state index in [0.29, 0.717) is 5.92 Å². The SMILES string of the molecule is CC1(C)CCC(C)(C)c2cc(-c3csc(C4CCCN(C[C@@H](N)CO)C4)n3)ccc21. The predicted octanol–water partition coefficient (Wildman–Crippen LogP) is 4.66. The molecule has 2 aromatic rings. The Balaban J connectivity index is 1.56. The highest BCUT2D eigenvalue weighted by atomic mass is 32.1. The number of piperidine rings is 1. The molecule has 30 heavy (non-hydrogen) atoms. The lowest BCUT2D eigenvalue weighted by molar-refractivity contribution is 0.168. The van der Waals surface area contributed by atoms with Gasteiger partial charge in [-0.2, -0.15) is 0 Å². The minimum atomic E-state index is -0.154. The fraction of sp³-hybridized carbons (Fsp3) is 0.640. The van der Waals surface area contributed by atoms with Gasteiger partial charge in [-0.3, -0.25) is 0 Å². The molecule has 1 aromatic heterocycles. The molecule has 4 nitrogen and oxygen atoms in total. The second-order valence-corrected chi connectivity index (χ2v) is 11.5. The highest BCUT2D eigenvalue weighted by Gasteiger charge is 2.37. The van der Waals surface area contributed by atoms with Gasteiger partial charge < -0.3 is 15.7 Å². The molecule has 1 aromatic carbocycles.